The minimum absolute atomic E-state index is 0.0611. The molecule has 0 aliphatic heterocycles. The Morgan fingerprint density at radius 2 is 1.77 bits per heavy atom. The van der Waals surface area contributed by atoms with Crippen molar-refractivity contribution >= 4 is 29.4 Å². The molecule has 0 radical (unpaired) electrons. The lowest BCUT2D eigenvalue weighted by Gasteiger charge is -2.22. The first-order valence-electron chi connectivity index (χ1n) is 12.3. The number of amides is 2. The minimum Gasteiger partial charge on any atom is -0.493 e. The van der Waals surface area contributed by atoms with Gasteiger partial charge < -0.3 is 14.4 Å². The summed E-state index contributed by atoms with van der Waals surface area (Å²) in [4.78, 5) is 32.5. The van der Waals surface area contributed by atoms with Gasteiger partial charge in [-0.15, -0.1) is 0 Å². The zero-order valence-corrected chi connectivity index (χ0v) is 22.1. The molecule has 1 fully saturated rings. The number of anilines is 1. The van der Waals surface area contributed by atoms with Crippen molar-refractivity contribution in [1.82, 2.24) is 14.5 Å². The van der Waals surface area contributed by atoms with Crippen molar-refractivity contribution in [2.24, 2.45) is 0 Å². The van der Waals surface area contributed by atoms with Gasteiger partial charge in [0.15, 0.2) is 11.5 Å². The van der Waals surface area contributed by atoms with Crippen LogP contribution in [0.15, 0.2) is 72.9 Å². The maximum Gasteiger partial charge on any atom is 0.257 e. The third-order valence-corrected chi connectivity index (χ3v) is 6.66. The highest BCUT2D eigenvalue weighted by atomic mass is 35.5. The smallest absolute Gasteiger partial charge is 0.257 e. The maximum atomic E-state index is 14.3. The van der Waals surface area contributed by atoms with Crippen LogP contribution in [0.1, 0.15) is 23.2 Å². The van der Waals surface area contributed by atoms with E-state index in [2.05, 4.69) is 10.3 Å². The molecular weight excluding hydrogens is 523 g/mol. The van der Waals surface area contributed by atoms with Gasteiger partial charge in [0.1, 0.15) is 12.4 Å². The Morgan fingerprint density at radius 3 is 2.44 bits per heavy atom. The molecule has 5 rings (SSSR count). The van der Waals surface area contributed by atoms with E-state index in [-0.39, 0.29) is 24.1 Å². The van der Waals surface area contributed by atoms with Crippen molar-refractivity contribution in [2.45, 2.75) is 18.9 Å². The van der Waals surface area contributed by atoms with Gasteiger partial charge in [0.25, 0.3) is 5.91 Å². The molecule has 0 bridgehead atoms. The van der Waals surface area contributed by atoms with Gasteiger partial charge in [0.05, 0.1) is 31.2 Å². The lowest BCUT2D eigenvalue weighted by molar-refractivity contribution is -0.117. The number of aromatic nitrogens is 2. The Morgan fingerprint density at radius 1 is 1.05 bits per heavy atom. The zero-order chi connectivity index (χ0) is 27.5. The van der Waals surface area contributed by atoms with E-state index in [0.29, 0.717) is 27.9 Å². The minimum atomic E-state index is -0.620. The molecule has 1 heterocycles. The third kappa shape index (κ3) is 5.73. The predicted octanol–water partition coefficient (Wildman–Crippen LogP) is 5.59. The molecule has 8 nitrogen and oxygen atoms in total. The monoisotopic (exact) mass is 548 g/mol. The maximum absolute atomic E-state index is 14.3. The third-order valence-electron chi connectivity index (χ3n) is 6.41. The van der Waals surface area contributed by atoms with Crippen LogP contribution in [0.4, 0.5) is 10.3 Å². The van der Waals surface area contributed by atoms with E-state index in [4.69, 9.17) is 21.1 Å². The van der Waals surface area contributed by atoms with Gasteiger partial charge in [0, 0.05) is 28.9 Å². The molecule has 1 saturated carbocycles. The number of halogens is 2. The number of carbonyl (C=O) groups is 2. The number of carbonyl (C=O) groups excluding carboxylic acids is 2. The molecular formula is C29H26ClFN4O4. The average Bonchev–Trinajstić information content (AvgIpc) is 3.71. The second kappa shape index (κ2) is 11.2. The van der Waals surface area contributed by atoms with Crippen LogP contribution in [-0.2, 0) is 4.79 Å². The lowest BCUT2D eigenvalue weighted by Crippen LogP contribution is -2.40. The van der Waals surface area contributed by atoms with Gasteiger partial charge in [-0.1, -0.05) is 35.9 Å². The highest BCUT2D eigenvalue weighted by Crippen LogP contribution is 2.33. The summed E-state index contributed by atoms with van der Waals surface area (Å²) < 4.78 is 26.8. The molecule has 10 heteroatoms. The highest BCUT2D eigenvalue weighted by Gasteiger charge is 2.35. The summed E-state index contributed by atoms with van der Waals surface area (Å²) in [5.41, 5.74) is 1.99. The number of methoxy groups -OCH3 is 2. The highest BCUT2D eigenvalue weighted by molar-refractivity contribution is 6.30. The van der Waals surface area contributed by atoms with Crippen molar-refractivity contribution < 1.29 is 23.5 Å². The Bertz CT molecular complexity index is 1520. The quantitative estimate of drug-likeness (QED) is 0.294. The van der Waals surface area contributed by atoms with Crippen LogP contribution < -0.4 is 14.8 Å². The zero-order valence-electron chi connectivity index (χ0n) is 21.4. The Kier molecular flexibility index (Phi) is 7.51. The second-order valence-electron chi connectivity index (χ2n) is 9.06. The first-order valence-corrected chi connectivity index (χ1v) is 12.7. The van der Waals surface area contributed by atoms with E-state index >= 15 is 0 Å². The van der Waals surface area contributed by atoms with Crippen LogP contribution in [0.3, 0.4) is 0 Å². The number of rotatable bonds is 9. The fourth-order valence-corrected chi connectivity index (χ4v) is 4.39. The molecule has 4 aromatic rings. The fourth-order valence-electron chi connectivity index (χ4n) is 4.26. The summed E-state index contributed by atoms with van der Waals surface area (Å²) in [7, 11) is 3.09. The Balaban J connectivity index is 1.46. The molecule has 3 aromatic carbocycles. The molecule has 0 unspecified atom stereocenters. The molecule has 1 aliphatic carbocycles. The molecule has 1 N–H and O–H groups in total. The summed E-state index contributed by atoms with van der Waals surface area (Å²) in [6, 6.07) is 18.2. The van der Waals surface area contributed by atoms with Crippen LogP contribution in [0.25, 0.3) is 16.9 Å². The number of nitrogens with one attached hydrogen (secondary N) is 1. The lowest BCUT2D eigenvalue weighted by atomic mass is 10.2. The van der Waals surface area contributed by atoms with Crippen molar-refractivity contribution in [3.63, 3.8) is 0 Å². The van der Waals surface area contributed by atoms with E-state index in [1.54, 1.807) is 48.2 Å². The second-order valence-corrected chi connectivity index (χ2v) is 9.49. The summed E-state index contributed by atoms with van der Waals surface area (Å²) in [6.07, 6.45) is 3.30. The molecule has 0 saturated heterocycles. The van der Waals surface area contributed by atoms with Gasteiger partial charge in [-0.2, -0.15) is 0 Å². The van der Waals surface area contributed by atoms with E-state index in [1.807, 2.05) is 18.2 Å². The number of imidazole rings is 1. The number of ether oxygens (including phenoxy) is 2. The molecule has 39 heavy (non-hydrogen) atoms. The van der Waals surface area contributed by atoms with Crippen LogP contribution in [0, 0.1) is 5.82 Å². The van der Waals surface area contributed by atoms with Crippen LogP contribution in [0.5, 0.6) is 11.5 Å². The van der Waals surface area contributed by atoms with Crippen LogP contribution in [0.2, 0.25) is 5.02 Å². The van der Waals surface area contributed by atoms with Gasteiger partial charge >= 0.3 is 0 Å². The summed E-state index contributed by atoms with van der Waals surface area (Å²) in [5, 5.41) is 3.43. The molecule has 0 spiro atoms. The van der Waals surface area contributed by atoms with Gasteiger partial charge in [-0.3, -0.25) is 19.5 Å². The Hall–Kier alpha value is -4.37. The predicted molar refractivity (Wildman–Crippen MR) is 146 cm³/mol. The Labute approximate surface area is 229 Å². The van der Waals surface area contributed by atoms with E-state index in [1.165, 1.54) is 30.2 Å². The average molecular weight is 549 g/mol. The van der Waals surface area contributed by atoms with E-state index < -0.39 is 17.6 Å². The van der Waals surface area contributed by atoms with Gasteiger partial charge in [-0.25, -0.2) is 9.37 Å². The van der Waals surface area contributed by atoms with Crippen molar-refractivity contribution in [3.05, 3.63) is 89.3 Å². The number of nitrogens with zero attached hydrogens (tertiary/aromatic N) is 3. The van der Waals surface area contributed by atoms with Crippen molar-refractivity contribution in [1.29, 1.82) is 0 Å². The largest absolute Gasteiger partial charge is 0.493 e. The SMILES string of the molecule is COc1ccc(-n2cc(-c3ccc(Cl)cc3)nc2NC(=O)CN(C(=O)c2ccccc2F)C2CC2)cc1OC. The summed E-state index contributed by atoms with van der Waals surface area (Å²) in [5.74, 6) is -0.296. The van der Waals surface area contributed by atoms with E-state index in [0.717, 1.165) is 18.4 Å². The normalized spacial score (nSPS) is 12.6. The van der Waals surface area contributed by atoms with Crippen LogP contribution in [-0.4, -0.2) is 53.1 Å². The first-order chi connectivity index (χ1) is 18.9. The first kappa shape index (κ1) is 26.2. The molecule has 1 aliphatic rings. The number of benzene rings is 3. The van der Waals surface area contributed by atoms with E-state index in [9.17, 15) is 14.0 Å². The van der Waals surface area contributed by atoms with Crippen molar-refractivity contribution in [2.75, 3.05) is 26.1 Å². The van der Waals surface area contributed by atoms with Gasteiger partial charge in [0.2, 0.25) is 11.9 Å². The molecule has 1 aromatic heterocycles. The molecule has 2 amide bonds. The molecule has 200 valence electrons. The molecule has 0 atom stereocenters. The fraction of sp³-hybridized carbons (Fsp3) is 0.207. The number of hydrogen-bond donors (Lipinski definition) is 1. The van der Waals surface area contributed by atoms with Crippen molar-refractivity contribution in [3.8, 4) is 28.4 Å². The standard InChI is InChI=1S/C29H26ClFN4O4/c1-38-25-14-13-21(15-26(25)39-2)35-16-24(18-7-9-19(30)10-8-18)32-29(35)33-27(36)17-34(20-11-12-20)28(37)22-5-3-4-6-23(22)31/h3-10,13-16,20H,11-12,17H2,1-2H3,(H,32,33,36). The van der Waals surface area contributed by atoms with Gasteiger partial charge in [-0.05, 0) is 49.2 Å². The van der Waals surface area contributed by atoms with Crippen LogP contribution >= 0.6 is 11.6 Å². The summed E-state index contributed by atoms with van der Waals surface area (Å²) in [6.45, 7) is -0.243. The summed E-state index contributed by atoms with van der Waals surface area (Å²) >= 11 is 6.06. The number of hydrogen-bond acceptors (Lipinski definition) is 5. The topological polar surface area (TPSA) is 85.7 Å².